The lowest BCUT2D eigenvalue weighted by Gasteiger charge is -2.21. The van der Waals surface area contributed by atoms with Gasteiger partial charge in [0, 0.05) is 25.7 Å². The molecule has 642 valence electrons. The second-order valence-electron chi connectivity index (χ2n) is 32.5. The number of aliphatic hydroxyl groups is 1. The molecule has 0 aliphatic heterocycles. The van der Waals surface area contributed by atoms with Crippen LogP contribution < -0.4 is 0 Å². The predicted octanol–water partition coefficient (Wildman–Crippen LogP) is 27.5. The number of hydrogen-bond donors (Lipinski definition) is 3. The topological polar surface area (TPSA) is 237 Å². The van der Waals surface area contributed by atoms with E-state index >= 15 is 0 Å². The molecule has 0 aliphatic carbocycles. The van der Waals surface area contributed by atoms with Crippen molar-refractivity contribution in [3.63, 3.8) is 0 Å². The van der Waals surface area contributed by atoms with Crippen molar-refractivity contribution < 1.29 is 80.2 Å². The Balaban J connectivity index is 5.21. The summed E-state index contributed by atoms with van der Waals surface area (Å²) in [5.74, 6) is -1.31. The molecule has 0 aromatic rings. The summed E-state index contributed by atoms with van der Waals surface area (Å²) in [7, 11) is -9.93. The molecule has 5 atom stereocenters. The summed E-state index contributed by atoms with van der Waals surface area (Å²) in [6, 6.07) is 0. The van der Waals surface area contributed by atoms with Crippen molar-refractivity contribution in [2.45, 2.75) is 502 Å². The minimum absolute atomic E-state index is 0.108. The molecule has 0 spiro atoms. The van der Waals surface area contributed by atoms with Gasteiger partial charge < -0.3 is 33.8 Å². The zero-order valence-corrected chi connectivity index (χ0v) is 72.8. The van der Waals surface area contributed by atoms with E-state index in [1.807, 2.05) is 0 Å². The highest BCUT2D eigenvalue weighted by molar-refractivity contribution is 7.47. The van der Waals surface area contributed by atoms with E-state index in [1.54, 1.807) is 0 Å². The molecular formula is C89H174O17P2. The highest BCUT2D eigenvalue weighted by atomic mass is 31.2. The molecule has 0 aliphatic rings. The number of aliphatic hydroxyl groups excluding tert-OH is 1. The normalized spacial score (nSPS) is 13.7. The lowest BCUT2D eigenvalue weighted by Crippen LogP contribution is -2.30. The van der Waals surface area contributed by atoms with Crippen LogP contribution in [0.4, 0.5) is 0 Å². The lowest BCUT2D eigenvalue weighted by molar-refractivity contribution is -0.161. The number of rotatable bonds is 89. The Bertz CT molecular complexity index is 2050. The molecule has 108 heavy (non-hydrogen) atoms. The molecule has 0 heterocycles. The summed E-state index contributed by atoms with van der Waals surface area (Å²) in [5, 5.41) is 10.7. The van der Waals surface area contributed by atoms with E-state index in [4.69, 9.17) is 37.0 Å². The number of phosphoric acid groups is 2. The number of phosphoric ester groups is 2. The highest BCUT2D eigenvalue weighted by Gasteiger charge is 2.30. The van der Waals surface area contributed by atoms with Gasteiger partial charge in [-0.1, -0.05) is 433 Å². The fourth-order valence-electron chi connectivity index (χ4n) is 14.0. The Morgan fingerprint density at radius 2 is 0.426 bits per heavy atom. The number of carbonyl (C=O) groups excluding carboxylic acids is 4. The summed E-state index contributed by atoms with van der Waals surface area (Å²) >= 11 is 0. The second kappa shape index (κ2) is 81.6. The van der Waals surface area contributed by atoms with E-state index in [2.05, 4.69) is 34.6 Å². The summed E-state index contributed by atoms with van der Waals surface area (Å²) in [6.45, 7) is 7.38. The first-order valence-electron chi connectivity index (χ1n) is 46.1. The van der Waals surface area contributed by atoms with Gasteiger partial charge in [-0.3, -0.25) is 37.3 Å². The summed E-state index contributed by atoms with van der Waals surface area (Å²) in [5.41, 5.74) is 0. The van der Waals surface area contributed by atoms with Crippen LogP contribution >= 0.6 is 15.6 Å². The zero-order valence-electron chi connectivity index (χ0n) is 71.0. The first-order valence-corrected chi connectivity index (χ1v) is 49.1. The summed E-state index contributed by atoms with van der Waals surface area (Å²) in [4.78, 5) is 73.3. The van der Waals surface area contributed by atoms with Crippen LogP contribution in [0.3, 0.4) is 0 Å². The van der Waals surface area contributed by atoms with E-state index in [-0.39, 0.29) is 25.7 Å². The Morgan fingerprint density at radius 1 is 0.250 bits per heavy atom. The van der Waals surface area contributed by atoms with Gasteiger partial charge in [-0.2, -0.15) is 0 Å². The Kier molecular flexibility index (Phi) is 80.2. The third kappa shape index (κ3) is 82.1. The molecule has 3 N–H and O–H groups in total. The van der Waals surface area contributed by atoms with Crippen LogP contribution in [0.25, 0.3) is 0 Å². The third-order valence-electron chi connectivity index (χ3n) is 21.0. The average molecular weight is 1580 g/mol. The number of unbranched alkanes of at least 4 members (excludes halogenated alkanes) is 61. The minimum atomic E-state index is -4.97. The standard InChI is InChI=1S/C89H174O17P2/c1-6-9-12-15-18-21-24-26-28-30-32-34-36-38-40-44-48-53-58-63-68-73-87(92)100-79-85(106-88(93)74-69-64-59-54-49-45-41-39-37-35-33-31-29-27-25-22-19-16-13-10-7-2)81-104-108(97,98)102-77-83(90)76-101-107(95,96)103-80-84(78-99-86(91)72-67-62-57-52-23-20-17-14-11-8-3)105-89(94)75-70-65-60-55-50-46-42-43-47-51-56-61-66-71-82(4)5/h82-85,90H,6-81H2,1-5H3,(H,95,96)(H,97,98)/t83-,84+,85+/m0/s1. The van der Waals surface area contributed by atoms with Crippen molar-refractivity contribution in [2.75, 3.05) is 39.6 Å². The van der Waals surface area contributed by atoms with Gasteiger partial charge in [0.25, 0.3) is 0 Å². The van der Waals surface area contributed by atoms with Crippen molar-refractivity contribution in [1.82, 2.24) is 0 Å². The second-order valence-corrected chi connectivity index (χ2v) is 35.4. The van der Waals surface area contributed by atoms with E-state index in [0.29, 0.717) is 25.7 Å². The molecular weight excluding hydrogens is 1400 g/mol. The lowest BCUT2D eigenvalue weighted by atomic mass is 10.0. The van der Waals surface area contributed by atoms with Crippen LogP contribution in [0.2, 0.25) is 0 Å². The zero-order chi connectivity index (χ0) is 79.0. The van der Waals surface area contributed by atoms with Crippen molar-refractivity contribution >= 4 is 39.5 Å². The van der Waals surface area contributed by atoms with E-state index in [9.17, 15) is 43.2 Å². The van der Waals surface area contributed by atoms with Crippen LogP contribution in [0.5, 0.6) is 0 Å². The maximum Gasteiger partial charge on any atom is 0.472 e. The average Bonchev–Trinajstić information content (AvgIpc) is 0.898. The van der Waals surface area contributed by atoms with E-state index in [1.165, 1.54) is 308 Å². The summed E-state index contributed by atoms with van der Waals surface area (Å²) < 4.78 is 69.0. The van der Waals surface area contributed by atoms with E-state index in [0.717, 1.165) is 95.8 Å². The molecule has 0 amide bonds. The van der Waals surface area contributed by atoms with Gasteiger partial charge in [0.05, 0.1) is 26.4 Å². The quantitative estimate of drug-likeness (QED) is 0.0222. The van der Waals surface area contributed by atoms with Crippen molar-refractivity contribution in [3.05, 3.63) is 0 Å². The molecule has 0 aromatic heterocycles. The van der Waals surface area contributed by atoms with Crippen LogP contribution in [-0.2, 0) is 65.4 Å². The fraction of sp³-hybridized carbons (Fsp3) is 0.955. The molecule has 0 fully saturated rings. The van der Waals surface area contributed by atoms with Crippen LogP contribution in [-0.4, -0.2) is 96.7 Å². The fourth-order valence-corrected chi connectivity index (χ4v) is 15.6. The van der Waals surface area contributed by atoms with Crippen LogP contribution in [0.1, 0.15) is 484 Å². The summed E-state index contributed by atoms with van der Waals surface area (Å²) in [6.07, 6.45) is 76.5. The van der Waals surface area contributed by atoms with Gasteiger partial charge in [0.15, 0.2) is 12.2 Å². The van der Waals surface area contributed by atoms with Crippen LogP contribution in [0, 0.1) is 5.92 Å². The molecule has 0 saturated carbocycles. The minimum Gasteiger partial charge on any atom is -0.462 e. The maximum atomic E-state index is 13.2. The van der Waals surface area contributed by atoms with Gasteiger partial charge in [-0.25, -0.2) is 9.13 Å². The monoisotopic (exact) mass is 1580 g/mol. The molecule has 0 radical (unpaired) electrons. The number of ether oxygens (including phenoxy) is 4. The van der Waals surface area contributed by atoms with Crippen molar-refractivity contribution in [2.24, 2.45) is 5.92 Å². The SMILES string of the molecule is CCCCCCCCCCCCCCCCCCCCCCCC(=O)OC[C@H](COP(=O)(O)OC[C@@H](O)COP(=O)(O)OC[C@@H](COC(=O)CCCCCCCCCCCC)OC(=O)CCCCCCCCCCCCCCCC(C)C)OC(=O)CCCCCCCCCCCCCCCCCCCCCCC. The van der Waals surface area contributed by atoms with Gasteiger partial charge in [-0.15, -0.1) is 0 Å². The Hall–Kier alpha value is -1.94. The molecule has 0 rings (SSSR count). The van der Waals surface area contributed by atoms with Gasteiger partial charge >= 0.3 is 39.5 Å². The Morgan fingerprint density at radius 3 is 0.630 bits per heavy atom. The van der Waals surface area contributed by atoms with Gasteiger partial charge in [0.2, 0.25) is 0 Å². The largest absolute Gasteiger partial charge is 0.472 e. The van der Waals surface area contributed by atoms with Crippen LogP contribution in [0.15, 0.2) is 0 Å². The smallest absolute Gasteiger partial charge is 0.462 e. The predicted molar refractivity (Wildman–Crippen MR) is 446 cm³/mol. The first kappa shape index (κ1) is 106. The van der Waals surface area contributed by atoms with E-state index < -0.39 is 97.5 Å². The molecule has 0 bridgehead atoms. The van der Waals surface area contributed by atoms with Gasteiger partial charge in [0.1, 0.15) is 19.3 Å². The third-order valence-corrected chi connectivity index (χ3v) is 22.9. The Labute approximate surface area is 664 Å². The molecule has 0 aromatic carbocycles. The number of carbonyl (C=O) groups is 4. The molecule has 0 saturated heterocycles. The molecule has 17 nitrogen and oxygen atoms in total. The number of hydrogen-bond acceptors (Lipinski definition) is 15. The van der Waals surface area contributed by atoms with Crippen molar-refractivity contribution in [3.8, 4) is 0 Å². The molecule has 19 heteroatoms. The first-order chi connectivity index (χ1) is 52.5. The van der Waals surface area contributed by atoms with Gasteiger partial charge in [-0.05, 0) is 31.6 Å². The molecule has 2 unspecified atom stereocenters. The van der Waals surface area contributed by atoms with Crippen molar-refractivity contribution in [1.29, 1.82) is 0 Å². The highest BCUT2D eigenvalue weighted by Crippen LogP contribution is 2.45. The maximum absolute atomic E-state index is 13.2. The number of esters is 4.